The predicted octanol–water partition coefficient (Wildman–Crippen LogP) is 1.98. The first kappa shape index (κ1) is 19.3. The molecule has 0 radical (unpaired) electrons. The average molecular weight is 391 g/mol. The van der Waals surface area contributed by atoms with Gasteiger partial charge in [0.1, 0.15) is 24.0 Å². The van der Waals surface area contributed by atoms with Crippen LogP contribution in [0.15, 0.2) is 35.5 Å². The van der Waals surface area contributed by atoms with Crippen LogP contribution in [0.2, 0.25) is 0 Å². The molecule has 0 unspecified atom stereocenters. The summed E-state index contributed by atoms with van der Waals surface area (Å²) in [6.07, 6.45) is -2.87. The summed E-state index contributed by atoms with van der Waals surface area (Å²) in [5, 5.41) is 4.22. The molecule has 8 nitrogen and oxygen atoms in total. The number of benzene rings is 1. The summed E-state index contributed by atoms with van der Waals surface area (Å²) in [5.41, 5.74) is 1.45. The number of carbonyl (C=O) groups is 1. The van der Waals surface area contributed by atoms with Gasteiger partial charge in [0, 0.05) is 7.11 Å². The largest absolute Gasteiger partial charge is 0.463 e. The van der Waals surface area contributed by atoms with E-state index in [1.165, 1.54) is 0 Å². The number of esters is 1. The molecule has 4 rings (SSSR count). The van der Waals surface area contributed by atoms with E-state index in [0.717, 1.165) is 5.56 Å². The molecule has 6 atom stereocenters. The Morgan fingerprint density at radius 1 is 1.21 bits per heavy atom. The first-order valence-corrected chi connectivity index (χ1v) is 9.44. The number of methoxy groups -OCH3 is 1. The van der Waals surface area contributed by atoms with Crippen molar-refractivity contribution in [3.63, 3.8) is 0 Å². The van der Waals surface area contributed by atoms with Gasteiger partial charge in [-0.3, -0.25) is 0 Å². The van der Waals surface area contributed by atoms with Crippen molar-refractivity contribution < 1.29 is 33.3 Å². The zero-order valence-electron chi connectivity index (χ0n) is 16.4. The van der Waals surface area contributed by atoms with Gasteiger partial charge in [-0.25, -0.2) is 4.79 Å². The average Bonchev–Trinajstić information content (AvgIpc) is 3.31. The molecule has 3 aliphatic heterocycles. The predicted molar refractivity (Wildman–Crippen MR) is 97.6 cm³/mol. The van der Waals surface area contributed by atoms with Crippen LogP contribution in [-0.2, 0) is 33.3 Å². The van der Waals surface area contributed by atoms with E-state index in [2.05, 4.69) is 5.16 Å². The molecule has 0 N–H and O–H groups in total. The topological polar surface area (TPSA) is 84.8 Å². The van der Waals surface area contributed by atoms with Gasteiger partial charge in [0.05, 0.1) is 12.5 Å². The van der Waals surface area contributed by atoms with Crippen LogP contribution in [0, 0.1) is 0 Å². The molecule has 0 bridgehead atoms. The molecule has 1 aromatic rings. The third-order valence-corrected chi connectivity index (χ3v) is 5.13. The van der Waals surface area contributed by atoms with Gasteiger partial charge >= 0.3 is 5.97 Å². The Balaban J connectivity index is 1.64. The number of nitrogens with zero attached hydrogens (tertiary/aromatic N) is 1. The molecule has 8 heteroatoms. The van der Waals surface area contributed by atoms with E-state index in [0.29, 0.717) is 5.71 Å². The third-order valence-electron chi connectivity index (χ3n) is 5.13. The normalized spacial score (nSPS) is 35.9. The maximum absolute atomic E-state index is 12.5. The second kappa shape index (κ2) is 7.44. The van der Waals surface area contributed by atoms with Crippen LogP contribution in [0.3, 0.4) is 0 Å². The highest BCUT2D eigenvalue weighted by atomic mass is 16.8. The standard InChI is InChI=1S/C20H25NO7/c1-5-24-18(22)14-12(11-9-7-6-8-10-11)13(21-28-14)15-16(23-4)17-19(25-15)27-20(2,3)26-17/h6-10,12,14-17,19H,5H2,1-4H3/t12-,14-,15-,16+,17-,19-/m1/s1. The first-order valence-electron chi connectivity index (χ1n) is 9.44. The van der Waals surface area contributed by atoms with Gasteiger partial charge in [-0.05, 0) is 26.3 Å². The summed E-state index contributed by atoms with van der Waals surface area (Å²) >= 11 is 0. The lowest BCUT2D eigenvalue weighted by molar-refractivity contribution is -0.208. The van der Waals surface area contributed by atoms with Crippen molar-refractivity contribution in [1.29, 1.82) is 0 Å². The Bertz CT molecular complexity index is 750. The van der Waals surface area contributed by atoms with Crippen LogP contribution >= 0.6 is 0 Å². The van der Waals surface area contributed by atoms with Gasteiger partial charge in [-0.1, -0.05) is 35.5 Å². The minimum Gasteiger partial charge on any atom is -0.463 e. The number of fused-ring (bicyclic) bond motifs is 1. The molecule has 2 saturated heterocycles. The van der Waals surface area contributed by atoms with E-state index < -0.39 is 48.4 Å². The molecular formula is C20H25NO7. The van der Waals surface area contributed by atoms with E-state index in [-0.39, 0.29) is 6.61 Å². The Hall–Kier alpha value is -2.00. The Morgan fingerprint density at radius 3 is 2.64 bits per heavy atom. The summed E-state index contributed by atoms with van der Waals surface area (Å²) < 4.78 is 28.8. The van der Waals surface area contributed by atoms with Gasteiger partial charge in [0.15, 0.2) is 12.1 Å². The lowest BCUT2D eigenvalue weighted by Crippen LogP contribution is -2.43. The molecule has 3 aliphatic rings. The van der Waals surface area contributed by atoms with Crippen LogP contribution < -0.4 is 0 Å². The summed E-state index contributed by atoms with van der Waals surface area (Å²) in [6.45, 7) is 5.67. The molecule has 2 fully saturated rings. The van der Waals surface area contributed by atoms with Crippen molar-refractivity contribution in [2.45, 2.75) is 63.2 Å². The number of carbonyl (C=O) groups excluding carboxylic acids is 1. The van der Waals surface area contributed by atoms with Crippen LogP contribution in [0.1, 0.15) is 32.3 Å². The molecule has 3 heterocycles. The van der Waals surface area contributed by atoms with Gasteiger partial charge in [-0.15, -0.1) is 0 Å². The van der Waals surface area contributed by atoms with Gasteiger partial charge < -0.3 is 28.5 Å². The van der Waals surface area contributed by atoms with Crippen molar-refractivity contribution in [2.75, 3.05) is 13.7 Å². The molecule has 0 spiro atoms. The molecule has 152 valence electrons. The summed E-state index contributed by atoms with van der Waals surface area (Å²) in [6, 6.07) is 9.57. The fraction of sp³-hybridized carbons (Fsp3) is 0.600. The van der Waals surface area contributed by atoms with E-state index in [1.54, 1.807) is 14.0 Å². The minimum atomic E-state index is -0.878. The molecule has 1 aromatic carbocycles. The Labute approximate surface area is 163 Å². The van der Waals surface area contributed by atoms with Crippen LogP contribution in [0.5, 0.6) is 0 Å². The summed E-state index contributed by atoms with van der Waals surface area (Å²) in [7, 11) is 1.59. The van der Waals surface area contributed by atoms with Crippen LogP contribution in [0.25, 0.3) is 0 Å². The molecule has 0 aromatic heterocycles. The monoisotopic (exact) mass is 391 g/mol. The van der Waals surface area contributed by atoms with Gasteiger partial charge in [-0.2, -0.15) is 0 Å². The van der Waals surface area contributed by atoms with Crippen LogP contribution in [-0.4, -0.2) is 61.9 Å². The summed E-state index contributed by atoms with van der Waals surface area (Å²) in [4.78, 5) is 18.0. The van der Waals surface area contributed by atoms with Crippen molar-refractivity contribution in [1.82, 2.24) is 0 Å². The lowest BCUT2D eigenvalue weighted by Gasteiger charge is -2.27. The number of oxime groups is 1. The highest BCUT2D eigenvalue weighted by Gasteiger charge is 2.59. The zero-order valence-corrected chi connectivity index (χ0v) is 16.4. The maximum atomic E-state index is 12.5. The van der Waals surface area contributed by atoms with E-state index in [1.807, 2.05) is 44.2 Å². The van der Waals surface area contributed by atoms with Gasteiger partial charge in [0.2, 0.25) is 6.10 Å². The van der Waals surface area contributed by atoms with Crippen molar-refractivity contribution in [3.05, 3.63) is 35.9 Å². The second-order valence-corrected chi connectivity index (χ2v) is 7.41. The lowest BCUT2D eigenvalue weighted by atomic mass is 9.85. The quantitative estimate of drug-likeness (QED) is 0.710. The first-order chi connectivity index (χ1) is 13.4. The van der Waals surface area contributed by atoms with Gasteiger partial charge in [0.25, 0.3) is 0 Å². The Morgan fingerprint density at radius 2 is 1.96 bits per heavy atom. The fourth-order valence-electron chi connectivity index (χ4n) is 4.00. The SMILES string of the molecule is CCOC(=O)[C@@H]1ON=C([C@H]2O[C@@H]3OC(C)(C)O[C@@H]3[C@H]2OC)[C@H]1c1ccccc1. The van der Waals surface area contributed by atoms with Crippen molar-refractivity contribution in [3.8, 4) is 0 Å². The Kier molecular flexibility index (Phi) is 5.13. The van der Waals surface area contributed by atoms with E-state index in [9.17, 15) is 4.79 Å². The van der Waals surface area contributed by atoms with Crippen LogP contribution in [0.4, 0.5) is 0 Å². The molecule has 0 amide bonds. The number of hydrogen-bond acceptors (Lipinski definition) is 8. The maximum Gasteiger partial charge on any atom is 0.351 e. The second-order valence-electron chi connectivity index (χ2n) is 7.41. The van der Waals surface area contributed by atoms with Crippen molar-refractivity contribution >= 4 is 11.7 Å². The number of hydrogen-bond donors (Lipinski definition) is 0. The van der Waals surface area contributed by atoms with E-state index >= 15 is 0 Å². The highest BCUT2D eigenvalue weighted by Crippen LogP contribution is 2.42. The molecule has 28 heavy (non-hydrogen) atoms. The smallest absolute Gasteiger partial charge is 0.351 e. The minimum absolute atomic E-state index is 0.261. The number of rotatable bonds is 5. The van der Waals surface area contributed by atoms with E-state index in [4.69, 9.17) is 28.5 Å². The fourth-order valence-corrected chi connectivity index (χ4v) is 4.00. The molecule has 0 aliphatic carbocycles. The third kappa shape index (κ3) is 3.30. The number of ether oxygens (including phenoxy) is 5. The summed E-state index contributed by atoms with van der Waals surface area (Å²) in [5.74, 6) is -1.66. The molecule has 0 saturated carbocycles. The molecular weight excluding hydrogens is 366 g/mol. The highest BCUT2D eigenvalue weighted by molar-refractivity contribution is 6.00. The van der Waals surface area contributed by atoms with Crippen molar-refractivity contribution in [2.24, 2.45) is 5.16 Å². The zero-order chi connectivity index (χ0) is 19.9.